The van der Waals surface area contributed by atoms with Crippen LogP contribution in [0, 0.1) is 24.7 Å². The highest BCUT2D eigenvalue weighted by Gasteiger charge is 2.54. The molecule has 19 heteroatoms. The fraction of sp³-hybridized carbons (Fsp3) is 0.540. The molecule has 2 aliphatic heterocycles. The Morgan fingerprint density at radius 3 is 2.30 bits per heavy atom. The predicted octanol–water partition coefficient (Wildman–Crippen LogP) is 5.16. The Balaban J connectivity index is 0.738. The molecule has 4 aromatic rings. The van der Waals surface area contributed by atoms with Gasteiger partial charge >= 0.3 is 0 Å². The first-order chi connectivity index (χ1) is 32.9. The lowest BCUT2D eigenvalue weighted by atomic mass is 9.79. The highest BCUT2D eigenvalue weighted by molar-refractivity contribution is 7.13. The molecule has 7 N–H and O–H groups in total. The first-order valence-corrected chi connectivity index (χ1v) is 25.1. The van der Waals surface area contributed by atoms with E-state index in [0.29, 0.717) is 66.3 Å². The number of aromatic nitrogens is 4. The molecule has 0 radical (unpaired) electrons. The monoisotopic (exact) mass is 963 g/mol. The standard InChI is InChI=1S/C50H65N11O7S/c1-30-23-35(46(67)61-41(30)45(66)59-50(61)19-17-49(15-16-49)18-20-50)57-38-25-37(54-28-55-38)51-22-14-39(63)52-21-8-6-7-9-40(64)58-43(48(3,4)5)47(68)60-27-34(62)24-36(60)44(65)53-26-32-10-12-33(13-11-32)42-31(2)56-29-69-42/h10-13,23,25,28-29,34,36,43,62H,6-9,14-22,24,26-27H2,1-5H3,(H,52,63)(H,53,65)(H,58,64)(H,59,66)(H2,51,54,55,57)/t34-,36+,43-/m1/s1. The number of aryl methyl sites for hydroxylation is 2. The first kappa shape index (κ1) is 49.2. The first-order valence-electron chi connectivity index (χ1n) is 24.2. The van der Waals surface area contributed by atoms with E-state index in [1.807, 2.05) is 64.4 Å². The van der Waals surface area contributed by atoms with Crippen molar-refractivity contribution in [1.82, 2.24) is 45.7 Å². The van der Waals surface area contributed by atoms with E-state index < -0.39 is 35.2 Å². The van der Waals surface area contributed by atoms with Gasteiger partial charge in [-0.2, -0.15) is 0 Å². The van der Waals surface area contributed by atoms with E-state index in [2.05, 4.69) is 46.9 Å². The quantitative estimate of drug-likeness (QED) is 0.0640. The number of carbonyl (C=O) groups is 5. The number of thiazole rings is 1. The van der Waals surface area contributed by atoms with Crippen LogP contribution < -0.4 is 37.5 Å². The highest BCUT2D eigenvalue weighted by atomic mass is 32.1. The van der Waals surface area contributed by atoms with Crippen LogP contribution in [0.5, 0.6) is 0 Å². The minimum absolute atomic E-state index is 0.00685. The van der Waals surface area contributed by atoms with Gasteiger partial charge in [0.15, 0.2) is 0 Å². The van der Waals surface area contributed by atoms with E-state index in [4.69, 9.17) is 0 Å². The van der Waals surface area contributed by atoms with Gasteiger partial charge in [-0.15, -0.1) is 11.3 Å². The van der Waals surface area contributed by atoms with Gasteiger partial charge in [0.1, 0.15) is 47.1 Å². The van der Waals surface area contributed by atoms with Crippen molar-refractivity contribution in [1.29, 1.82) is 0 Å². The van der Waals surface area contributed by atoms with Gasteiger partial charge in [0.25, 0.3) is 11.5 Å². The molecular formula is C50H65N11O7S. The number of β-amino-alcohol motifs (C(OH)–C–C–N with tert-alkyl or cyclic N) is 1. The summed E-state index contributed by atoms with van der Waals surface area (Å²) in [4.78, 5) is 95.7. The molecule has 368 valence electrons. The number of nitrogens with zero attached hydrogens (tertiary/aromatic N) is 5. The number of hydrogen-bond acceptors (Lipinski definition) is 13. The van der Waals surface area contributed by atoms with Crippen molar-refractivity contribution in [3.05, 3.63) is 81.1 Å². The third-order valence-electron chi connectivity index (χ3n) is 14.2. The number of pyridine rings is 1. The number of anilines is 3. The van der Waals surface area contributed by atoms with Crippen LogP contribution in [0.4, 0.5) is 17.3 Å². The number of benzene rings is 1. The lowest BCUT2D eigenvalue weighted by Gasteiger charge is -2.39. The number of nitrogens with one attached hydrogen (secondary N) is 6. The van der Waals surface area contributed by atoms with Gasteiger partial charge in [-0.05, 0) is 98.8 Å². The minimum Gasteiger partial charge on any atom is -0.391 e. The van der Waals surface area contributed by atoms with Crippen molar-refractivity contribution in [3.63, 3.8) is 0 Å². The SMILES string of the molecule is Cc1cc(Nc2cc(NCCC(=O)NCCCCCC(=O)N[C@H](C(=O)N3C[C@H](O)C[C@H]3C(=O)NCc3ccc(-c4scnc4C)cc3)C(C)(C)C)ncn2)c(=O)n2c1C(=O)NC21CCC2(CC2)CC1. The summed E-state index contributed by atoms with van der Waals surface area (Å²) in [6.07, 6.45) is 8.74. The van der Waals surface area contributed by atoms with Crippen LogP contribution in [-0.4, -0.2) is 96.9 Å². The summed E-state index contributed by atoms with van der Waals surface area (Å²) in [7, 11) is 0. The van der Waals surface area contributed by atoms with E-state index in [9.17, 15) is 33.9 Å². The third-order valence-corrected chi connectivity index (χ3v) is 15.2. The number of likely N-dealkylation sites (tertiary alicyclic amines) is 1. The number of rotatable bonds is 18. The van der Waals surface area contributed by atoms with Crippen molar-refractivity contribution in [2.75, 3.05) is 30.3 Å². The normalized spacial score (nSPS) is 19.2. The molecule has 2 saturated carbocycles. The lowest BCUT2D eigenvalue weighted by molar-refractivity contribution is -0.144. The molecule has 2 aliphatic carbocycles. The Bertz CT molecular complexity index is 2630. The van der Waals surface area contributed by atoms with E-state index in [1.165, 1.54) is 24.1 Å². The van der Waals surface area contributed by atoms with Crippen molar-refractivity contribution >= 4 is 58.2 Å². The minimum atomic E-state index is -0.917. The smallest absolute Gasteiger partial charge is 0.276 e. The van der Waals surface area contributed by atoms with Crippen LogP contribution in [0.2, 0.25) is 0 Å². The summed E-state index contributed by atoms with van der Waals surface area (Å²) in [5.41, 5.74) is 4.89. The van der Waals surface area contributed by atoms with Gasteiger partial charge in [-0.3, -0.25) is 33.3 Å². The molecule has 1 aromatic carbocycles. The van der Waals surface area contributed by atoms with E-state index in [-0.39, 0.29) is 61.5 Å². The fourth-order valence-corrected chi connectivity index (χ4v) is 10.8. The Hall–Kier alpha value is -6.21. The van der Waals surface area contributed by atoms with Crippen molar-refractivity contribution in [2.24, 2.45) is 10.8 Å². The number of hydrogen-bond donors (Lipinski definition) is 7. The molecule has 1 saturated heterocycles. The predicted molar refractivity (Wildman–Crippen MR) is 263 cm³/mol. The second kappa shape index (κ2) is 20.4. The number of amides is 5. The zero-order chi connectivity index (χ0) is 49.1. The van der Waals surface area contributed by atoms with Crippen LogP contribution >= 0.6 is 11.3 Å². The van der Waals surface area contributed by atoms with E-state index in [1.54, 1.807) is 28.0 Å². The zero-order valence-corrected chi connectivity index (χ0v) is 41.0. The highest BCUT2D eigenvalue weighted by Crippen LogP contribution is 2.59. The lowest BCUT2D eigenvalue weighted by Crippen LogP contribution is -2.57. The van der Waals surface area contributed by atoms with Gasteiger partial charge < -0.3 is 41.9 Å². The van der Waals surface area contributed by atoms with Gasteiger partial charge in [0.2, 0.25) is 23.6 Å². The van der Waals surface area contributed by atoms with Gasteiger partial charge in [0, 0.05) is 51.5 Å². The Morgan fingerprint density at radius 2 is 1.61 bits per heavy atom. The van der Waals surface area contributed by atoms with Crippen molar-refractivity contribution in [3.8, 4) is 10.4 Å². The van der Waals surface area contributed by atoms with Crippen LogP contribution in [0.1, 0.15) is 125 Å². The molecule has 18 nitrogen and oxygen atoms in total. The molecule has 5 heterocycles. The Kier molecular flexibility index (Phi) is 14.6. The average Bonchev–Trinajstić information content (AvgIpc) is 3.57. The third kappa shape index (κ3) is 11.3. The maximum atomic E-state index is 14.0. The number of unbranched alkanes of at least 4 members (excludes halogenated alkanes) is 2. The van der Waals surface area contributed by atoms with Gasteiger partial charge in [-0.1, -0.05) is 51.5 Å². The molecule has 3 fully saturated rings. The van der Waals surface area contributed by atoms with Crippen LogP contribution in [-0.2, 0) is 31.4 Å². The summed E-state index contributed by atoms with van der Waals surface area (Å²) < 4.78 is 1.67. The molecule has 0 unspecified atom stereocenters. The maximum Gasteiger partial charge on any atom is 0.276 e. The summed E-state index contributed by atoms with van der Waals surface area (Å²) in [5, 5.41) is 28.8. The molecule has 3 aromatic heterocycles. The number of aliphatic hydroxyl groups excluding tert-OH is 1. The fourth-order valence-electron chi connectivity index (χ4n) is 9.95. The van der Waals surface area contributed by atoms with Crippen LogP contribution in [0.15, 0.2) is 53.0 Å². The van der Waals surface area contributed by atoms with Crippen LogP contribution in [0.3, 0.4) is 0 Å². The van der Waals surface area contributed by atoms with E-state index in [0.717, 1.165) is 47.4 Å². The van der Waals surface area contributed by atoms with Gasteiger partial charge in [0.05, 0.1) is 22.2 Å². The van der Waals surface area contributed by atoms with Gasteiger partial charge in [-0.25, -0.2) is 15.0 Å². The molecule has 3 atom stereocenters. The molecule has 5 amide bonds. The van der Waals surface area contributed by atoms with Crippen LogP contribution in [0.25, 0.3) is 10.4 Å². The number of fused-ring (bicyclic) bond motifs is 2. The largest absolute Gasteiger partial charge is 0.391 e. The summed E-state index contributed by atoms with van der Waals surface area (Å²) in [5.74, 6) is -0.557. The zero-order valence-electron chi connectivity index (χ0n) is 40.2. The number of aliphatic hydroxyl groups is 1. The summed E-state index contributed by atoms with van der Waals surface area (Å²) in [6, 6.07) is 9.43. The summed E-state index contributed by atoms with van der Waals surface area (Å²) in [6.45, 7) is 10.3. The Labute approximate surface area is 406 Å². The number of carbonyl (C=O) groups excluding carboxylic acids is 5. The van der Waals surface area contributed by atoms with Crippen molar-refractivity contribution < 1.29 is 29.1 Å². The molecule has 69 heavy (non-hydrogen) atoms. The topological polar surface area (TPSA) is 242 Å². The summed E-state index contributed by atoms with van der Waals surface area (Å²) >= 11 is 1.57. The molecule has 2 spiro atoms. The molecule has 4 aliphatic rings. The second-order valence-electron chi connectivity index (χ2n) is 20.4. The molecule has 0 bridgehead atoms. The maximum absolute atomic E-state index is 14.0. The average molecular weight is 964 g/mol. The van der Waals surface area contributed by atoms with E-state index >= 15 is 0 Å². The molecule has 8 rings (SSSR count). The Morgan fingerprint density at radius 1 is 0.884 bits per heavy atom. The van der Waals surface area contributed by atoms with Crippen molar-refractivity contribution in [2.45, 2.75) is 142 Å². The second-order valence-corrected chi connectivity index (χ2v) is 21.3. The molecular weight excluding hydrogens is 899 g/mol.